The summed E-state index contributed by atoms with van der Waals surface area (Å²) >= 11 is 0. The van der Waals surface area contributed by atoms with E-state index in [4.69, 9.17) is 10.7 Å². The fourth-order valence-corrected chi connectivity index (χ4v) is 2.90. The number of nitrogens with two attached hydrogens (primary N) is 1. The monoisotopic (exact) mass is 322 g/mol. The fourth-order valence-electron chi connectivity index (χ4n) is 2.90. The van der Waals surface area contributed by atoms with Crippen molar-refractivity contribution in [3.05, 3.63) is 47.5 Å². The van der Waals surface area contributed by atoms with Crippen LogP contribution in [0.25, 0.3) is 21.8 Å². The summed E-state index contributed by atoms with van der Waals surface area (Å²) in [7, 11) is 3.95. The Balaban J connectivity index is 2.10. The van der Waals surface area contributed by atoms with Gasteiger partial charge in [0.05, 0.1) is 22.3 Å². The number of anilines is 1. The van der Waals surface area contributed by atoms with E-state index in [-0.39, 0.29) is 5.91 Å². The van der Waals surface area contributed by atoms with Gasteiger partial charge < -0.3 is 16.0 Å². The minimum absolute atomic E-state index is 0.124. The van der Waals surface area contributed by atoms with Crippen molar-refractivity contribution >= 4 is 33.4 Å². The van der Waals surface area contributed by atoms with E-state index < -0.39 is 0 Å². The van der Waals surface area contributed by atoms with E-state index >= 15 is 0 Å². The summed E-state index contributed by atoms with van der Waals surface area (Å²) in [5, 5.41) is 4.71. The zero-order chi connectivity index (χ0) is 17.3. The number of nitrogens with one attached hydrogen (secondary N) is 1. The number of carbonyl (C=O) groups is 1. The average molecular weight is 322 g/mol. The first-order chi connectivity index (χ1) is 11.5. The van der Waals surface area contributed by atoms with Gasteiger partial charge in [-0.25, -0.2) is 4.98 Å². The molecule has 3 N–H and O–H groups in total. The van der Waals surface area contributed by atoms with Gasteiger partial charge in [-0.15, -0.1) is 0 Å². The zero-order valence-corrected chi connectivity index (χ0v) is 14.3. The zero-order valence-electron chi connectivity index (χ0n) is 14.3. The Labute approximate surface area is 141 Å². The van der Waals surface area contributed by atoms with Crippen LogP contribution in [0.2, 0.25) is 0 Å². The second-order valence-corrected chi connectivity index (χ2v) is 6.26. The summed E-state index contributed by atoms with van der Waals surface area (Å²) in [5.74, 6) is -0.124. The number of pyridine rings is 1. The van der Waals surface area contributed by atoms with Crippen LogP contribution >= 0.6 is 0 Å². The van der Waals surface area contributed by atoms with Crippen LogP contribution < -0.4 is 11.1 Å². The molecule has 0 fully saturated rings. The molecule has 5 heteroatoms. The molecule has 0 radical (unpaired) electrons. The van der Waals surface area contributed by atoms with Crippen molar-refractivity contribution in [1.82, 2.24) is 15.2 Å². The van der Waals surface area contributed by atoms with Crippen molar-refractivity contribution in [1.29, 1.82) is 0 Å². The maximum absolute atomic E-state index is 12.5. The van der Waals surface area contributed by atoms with Gasteiger partial charge in [0.25, 0.3) is 5.91 Å². The third-order valence-corrected chi connectivity index (χ3v) is 4.17. The molecule has 1 heterocycles. The Morgan fingerprint density at radius 3 is 2.71 bits per heavy atom. The summed E-state index contributed by atoms with van der Waals surface area (Å²) in [6.07, 6.45) is 0. The van der Waals surface area contributed by atoms with E-state index in [0.29, 0.717) is 23.3 Å². The van der Waals surface area contributed by atoms with Gasteiger partial charge in [0.1, 0.15) is 0 Å². The summed E-state index contributed by atoms with van der Waals surface area (Å²) in [4.78, 5) is 19.3. The van der Waals surface area contributed by atoms with Crippen molar-refractivity contribution in [3.63, 3.8) is 0 Å². The lowest BCUT2D eigenvalue weighted by Crippen LogP contribution is -2.31. The molecular weight excluding hydrogens is 300 g/mol. The summed E-state index contributed by atoms with van der Waals surface area (Å²) in [6, 6.07) is 11.5. The molecule has 0 saturated carbocycles. The Hall–Kier alpha value is -2.66. The standard InChI is InChI=1S/C19H22N4O/c1-12-6-4-9-15-16(12)17(20)13-7-5-8-14(18(13)22-15)19(24)21-10-11-23(2)3/h4-9H,10-11H2,1-3H3,(H2,20,22)(H,21,24). The normalized spacial score (nSPS) is 11.3. The van der Waals surface area contributed by atoms with Crippen molar-refractivity contribution in [2.24, 2.45) is 0 Å². The quantitative estimate of drug-likeness (QED) is 0.724. The van der Waals surface area contributed by atoms with Gasteiger partial charge in [0.2, 0.25) is 0 Å². The van der Waals surface area contributed by atoms with Gasteiger partial charge in [0.15, 0.2) is 0 Å². The van der Waals surface area contributed by atoms with E-state index in [0.717, 1.165) is 28.4 Å². The lowest BCUT2D eigenvalue weighted by atomic mass is 10.0. The molecule has 1 amide bonds. The second kappa shape index (κ2) is 6.45. The Morgan fingerprint density at radius 2 is 1.96 bits per heavy atom. The molecule has 0 saturated heterocycles. The van der Waals surface area contributed by atoms with Crippen LogP contribution in [0, 0.1) is 6.92 Å². The van der Waals surface area contributed by atoms with Gasteiger partial charge in [-0.2, -0.15) is 0 Å². The van der Waals surface area contributed by atoms with Crippen molar-refractivity contribution in [3.8, 4) is 0 Å². The molecule has 0 atom stereocenters. The minimum atomic E-state index is -0.124. The van der Waals surface area contributed by atoms with Gasteiger partial charge in [-0.05, 0) is 38.7 Å². The van der Waals surface area contributed by atoms with E-state index in [1.165, 1.54) is 0 Å². The van der Waals surface area contributed by atoms with Crippen molar-refractivity contribution in [2.75, 3.05) is 32.9 Å². The number of benzene rings is 2. The van der Waals surface area contributed by atoms with Gasteiger partial charge in [-0.1, -0.05) is 24.3 Å². The summed E-state index contributed by atoms with van der Waals surface area (Å²) in [5.41, 5.74) is 10.2. The molecular formula is C19H22N4O. The minimum Gasteiger partial charge on any atom is -0.398 e. The highest BCUT2D eigenvalue weighted by Crippen LogP contribution is 2.31. The number of hydrogen-bond donors (Lipinski definition) is 2. The predicted molar refractivity (Wildman–Crippen MR) is 99.3 cm³/mol. The lowest BCUT2D eigenvalue weighted by molar-refractivity contribution is 0.0952. The smallest absolute Gasteiger partial charge is 0.253 e. The molecule has 124 valence electrons. The SMILES string of the molecule is Cc1cccc2nc3c(C(=O)NCCN(C)C)cccc3c(N)c12. The molecule has 0 unspecified atom stereocenters. The number of fused-ring (bicyclic) bond motifs is 2. The number of likely N-dealkylation sites (N-methyl/N-ethyl adjacent to an activating group) is 1. The van der Waals surface area contributed by atoms with E-state index in [9.17, 15) is 4.79 Å². The van der Waals surface area contributed by atoms with Gasteiger partial charge in [0, 0.05) is 23.9 Å². The molecule has 2 aromatic carbocycles. The molecule has 0 aliphatic rings. The third-order valence-electron chi connectivity index (χ3n) is 4.17. The Kier molecular flexibility index (Phi) is 4.36. The van der Waals surface area contributed by atoms with Crippen LogP contribution in [0.5, 0.6) is 0 Å². The lowest BCUT2D eigenvalue weighted by Gasteiger charge is -2.13. The second-order valence-electron chi connectivity index (χ2n) is 6.26. The number of carbonyl (C=O) groups excluding carboxylic acids is 1. The highest BCUT2D eigenvalue weighted by Gasteiger charge is 2.15. The number of nitrogens with zero attached hydrogens (tertiary/aromatic N) is 2. The van der Waals surface area contributed by atoms with Crippen LogP contribution in [0.4, 0.5) is 5.69 Å². The first kappa shape index (κ1) is 16.2. The van der Waals surface area contributed by atoms with E-state index in [2.05, 4.69) is 5.32 Å². The van der Waals surface area contributed by atoms with Crippen LogP contribution in [-0.2, 0) is 0 Å². The fraction of sp³-hybridized carbons (Fsp3) is 0.263. The number of para-hydroxylation sites is 1. The number of hydrogen-bond acceptors (Lipinski definition) is 4. The van der Waals surface area contributed by atoms with Crippen LogP contribution in [0.15, 0.2) is 36.4 Å². The van der Waals surface area contributed by atoms with Crippen LogP contribution in [0.3, 0.4) is 0 Å². The highest BCUT2D eigenvalue weighted by molar-refractivity contribution is 6.14. The molecule has 0 spiro atoms. The molecule has 3 rings (SSSR count). The number of aromatic nitrogens is 1. The molecule has 0 aliphatic heterocycles. The Morgan fingerprint density at radius 1 is 1.21 bits per heavy atom. The molecule has 1 aromatic heterocycles. The van der Waals surface area contributed by atoms with Gasteiger partial charge >= 0.3 is 0 Å². The first-order valence-electron chi connectivity index (χ1n) is 7.99. The van der Waals surface area contributed by atoms with E-state index in [1.54, 1.807) is 6.07 Å². The molecule has 24 heavy (non-hydrogen) atoms. The van der Waals surface area contributed by atoms with Crippen LogP contribution in [-0.4, -0.2) is 43.0 Å². The van der Waals surface area contributed by atoms with Gasteiger partial charge in [-0.3, -0.25) is 4.79 Å². The Bertz CT molecular complexity index is 918. The molecule has 5 nitrogen and oxygen atoms in total. The molecule has 3 aromatic rings. The number of aryl methyl sites for hydroxylation is 1. The number of amides is 1. The largest absolute Gasteiger partial charge is 0.398 e. The van der Waals surface area contributed by atoms with Crippen LogP contribution in [0.1, 0.15) is 15.9 Å². The summed E-state index contributed by atoms with van der Waals surface area (Å²) in [6.45, 7) is 3.39. The maximum atomic E-state index is 12.5. The third kappa shape index (κ3) is 2.90. The number of rotatable bonds is 4. The maximum Gasteiger partial charge on any atom is 0.253 e. The van der Waals surface area contributed by atoms with E-state index in [1.807, 2.05) is 56.3 Å². The van der Waals surface area contributed by atoms with Crippen molar-refractivity contribution in [2.45, 2.75) is 6.92 Å². The highest BCUT2D eigenvalue weighted by atomic mass is 16.1. The summed E-state index contributed by atoms with van der Waals surface area (Å²) < 4.78 is 0. The van der Waals surface area contributed by atoms with Crippen molar-refractivity contribution < 1.29 is 4.79 Å². The molecule has 0 aliphatic carbocycles. The molecule has 0 bridgehead atoms. The first-order valence-corrected chi connectivity index (χ1v) is 7.99. The topological polar surface area (TPSA) is 71.2 Å². The average Bonchev–Trinajstić information content (AvgIpc) is 2.54. The predicted octanol–water partition coefficient (Wildman–Crippen LogP) is 2.57. The number of nitrogen functional groups attached to an aromatic ring is 1.